The second-order valence-electron chi connectivity index (χ2n) is 5.28. The van der Waals surface area contributed by atoms with Crippen LogP contribution in [-0.2, 0) is 0 Å². The molecule has 17 heavy (non-hydrogen) atoms. The largest absolute Gasteiger partial charge is 0.385 e. The highest BCUT2D eigenvalue weighted by Crippen LogP contribution is 2.51. The topological polar surface area (TPSA) is 20.2 Å². The first-order valence-electron chi connectivity index (χ1n) is 6.35. The van der Waals surface area contributed by atoms with E-state index in [0.717, 1.165) is 19.3 Å². The molecule has 88 valence electrons. The van der Waals surface area contributed by atoms with E-state index in [0.29, 0.717) is 5.92 Å². The minimum absolute atomic E-state index is 0.273. The third kappa shape index (κ3) is 1.66. The van der Waals surface area contributed by atoms with Crippen molar-refractivity contribution in [2.24, 2.45) is 11.8 Å². The van der Waals surface area contributed by atoms with E-state index < -0.39 is 5.60 Å². The molecule has 1 N–H and O–H groups in total. The Balaban J connectivity index is 1.92. The van der Waals surface area contributed by atoms with E-state index in [-0.39, 0.29) is 5.92 Å². The van der Waals surface area contributed by atoms with Gasteiger partial charge in [-0.2, -0.15) is 0 Å². The Morgan fingerprint density at radius 3 is 2.76 bits per heavy atom. The predicted octanol–water partition coefficient (Wildman–Crippen LogP) is 3.42. The van der Waals surface area contributed by atoms with Gasteiger partial charge in [-0.3, -0.25) is 0 Å². The van der Waals surface area contributed by atoms with Crippen LogP contribution < -0.4 is 0 Å². The van der Waals surface area contributed by atoms with Gasteiger partial charge < -0.3 is 5.11 Å². The Bertz CT molecular complexity index is 460. The van der Waals surface area contributed by atoms with Gasteiger partial charge >= 0.3 is 0 Å². The highest BCUT2D eigenvalue weighted by molar-refractivity contribution is 5.68. The first-order chi connectivity index (χ1) is 8.23. The zero-order valence-electron chi connectivity index (χ0n) is 9.97. The van der Waals surface area contributed by atoms with Gasteiger partial charge in [0.05, 0.1) is 5.60 Å². The summed E-state index contributed by atoms with van der Waals surface area (Å²) in [6, 6.07) is 10.5. The fraction of sp³-hybridized carbons (Fsp3) is 0.375. The smallest absolute Gasteiger partial charge is 0.0890 e. The van der Waals surface area contributed by atoms with E-state index in [1.807, 2.05) is 6.07 Å². The maximum Gasteiger partial charge on any atom is 0.0890 e. The number of allylic oxidation sites excluding steroid dienone is 1. The van der Waals surface area contributed by atoms with Crippen molar-refractivity contribution in [1.82, 2.24) is 0 Å². The molecular weight excluding hydrogens is 208 g/mol. The monoisotopic (exact) mass is 226 g/mol. The third-order valence-electron chi connectivity index (χ3n) is 4.36. The van der Waals surface area contributed by atoms with E-state index in [2.05, 4.69) is 36.9 Å². The van der Waals surface area contributed by atoms with E-state index in [1.54, 1.807) is 6.08 Å². The minimum atomic E-state index is -0.665. The summed E-state index contributed by atoms with van der Waals surface area (Å²) in [6.07, 6.45) is 7.09. The Morgan fingerprint density at radius 2 is 2.06 bits per heavy atom. The van der Waals surface area contributed by atoms with Crippen LogP contribution in [0.1, 0.15) is 24.8 Å². The summed E-state index contributed by atoms with van der Waals surface area (Å²) in [7, 11) is 0. The first-order valence-corrected chi connectivity index (χ1v) is 6.35. The molecule has 0 bridgehead atoms. The highest BCUT2D eigenvalue weighted by Gasteiger charge is 2.46. The van der Waals surface area contributed by atoms with E-state index in [1.165, 1.54) is 11.1 Å². The number of hydrogen-bond donors (Lipinski definition) is 1. The van der Waals surface area contributed by atoms with Crippen LogP contribution in [0.4, 0.5) is 0 Å². The van der Waals surface area contributed by atoms with Crippen LogP contribution in [0.5, 0.6) is 0 Å². The van der Waals surface area contributed by atoms with E-state index >= 15 is 0 Å². The second-order valence-corrected chi connectivity index (χ2v) is 5.28. The van der Waals surface area contributed by atoms with Gasteiger partial charge in [0.25, 0.3) is 0 Å². The summed E-state index contributed by atoms with van der Waals surface area (Å²) in [5.41, 5.74) is 2.02. The van der Waals surface area contributed by atoms with Gasteiger partial charge in [0.2, 0.25) is 0 Å². The number of benzene rings is 1. The van der Waals surface area contributed by atoms with Crippen LogP contribution in [0, 0.1) is 11.8 Å². The molecule has 0 radical (unpaired) electrons. The number of aliphatic hydroxyl groups is 1. The summed E-state index contributed by atoms with van der Waals surface area (Å²) in [4.78, 5) is 0. The van der Waals surface area contributed by atoms with Crippen molar-refractivity contribution < 1.29 is 5.11 Å². The average molecular weight is 226 g/mol. The van der Waals surface area contributed by atoms with Crippen LogP contribution in [-0.4, -0.2) is 10.7 Å². The molecule has 2 aliphatic rings. The first kappa shape index (κ1) is 10.8. The van der Waals surface area contributed by atoms with Crippen molar-refractivity contribution in [2.45, 2.75) is 24.9 Å². The third-order valence-corrected chi connectivity index (χ3v) is 4.36. The van der Waals surface area contributed by atoms with Crippen molar-refractivity contribution in [3.8, 4) is 0 Å². The summed E-state index contributed by atoms with van der Waals surface area (Å²) in [5.74, 6) is 0.878. The van der Waals surface area contributed by atoms with Crippen LogP contribution in [0.3, 0.4) is 0 Å². The van der Waals surface area contributed by atoms with Gasteiger partial charge in [0.15, 0.2) is 0 Å². The molecule has 1 aromatic rings. The Morgan fingerprint density at radius 1 is 1.29 bits per heavy atom. The lowest BCUT2D eigenvalue weighted by molar-refractivity contribution is 0.0638. The SMILES string of the molecule is C=C[C@@]1(O)CC[C@H]2CC(c3ccccc3)=C[C@H]21. The molecule has 1 fully saturated rings. The molecule has 0 aromatic heterocycles. The maximum absolute atomic E-state index is 10.5. The molecule has 3 rings (SSSR count). The second kappa shape index (κ2) is 3.85. The molecular formula is C16H18O. The molecule has 1 saturated carbocycles. The van der Waals surface area contributed by atoms with Crippen LogP contribution in [0.15, 0.2) is 49.1 Å². The number of hydrogen-bond acceptors (Lipinski definition) is 1. The molecule has 0 saturated heterocycles. The van der Waals surface area contributed by atoms with Crippen molar-refractivity contribution in [3.05, 3.63) is 54.6 Å². The van der Waals surface area contributed by atoms with Crippen molar-refractivity contribution in [2.75, 3.05) is 0 Å². The lowest BCUT2D eigenvalue weighted by atomic mass is 9.89. The molecule has 0 aliphatic heterocycles. The van der Waals surface area contributed by atoms with Gasteiger partial charge in [0.1, 0.15) is 0 Å². The van der Waals surface area contributed by atoms with Gasteiger partial charge in [-0.25, -0.2) is 0 Å². The van der Waals surface area contributed by atoms with Crippen molar-refractivity contribution in [1.29, 1.82) is 0 Å². The normalized spacial score (nSPS) is 35.5. The Labute approximate surface area is 102 Å². The van der Waals surface area contributed by atoms with Gasteiger partial charge in [0, 0.05) is 5.92 Å². The molecule has 1 nitrogen and oxygen atoms in total. The zero-order valence-corrected chi connectivity index (χ0v) is 9.97. The Kier molecular flexibility index (Phi) is 2.44. The van der Waals surface area contributed by atoms with E-state index in [4.69, 9.17) is 0 Å². The molecule has 2 aliphatic carbocycles. The van der Waals surface area contributed by atoms with Crippen LogP contribution in [0.25, 0.3) is 5.57 Å². The summed E-state index contributed by atoms with van der Waals surface area (Å²) in [5, 5.41) is 10.5. The molecule has 1 heteroatoms. The molecule has 1 aromatic carbocycles. The quantitative estimate of drug-likeness (QED) is 0.766. The van der Waals surface area contributed by atoms with Crippen LogP contribution >= 0.6 is 0 Å². The lowest BCUT2D eigenvalue weighted by Crippen LogP contribution is -2.30. The lowest BCUT2D eigenvalue weighted by Gasteiger charge is -2.24. The number of rotatable bonds is 2. The fourth-order valence-electron chi connectivity index (χ4n) is 3.35. The fourth-order valence-corrected chi connectivity index (χ4v) is 3.35. The molecule has 0 spiro atoms. The zero-order chi connectivity index (χ0) is 11.9. The van der Waals surface area contributed by atoms with E-state index in [9.17, 15) is 5.11 Å². The summed E-state index contributed by atoms with van der Waals surface area (Å²) >= 11 is 0. The molecule has 0 amide bonds. The summed E-state index contributed by atoms with van der Waals surface area (Å²) < 4.78 is 0. The minimum Gasteiger partial charge on any atom is -0.385 e. The van der Waals surface area contributed by atoms with Crippen molar-refractivity contribution >= 4 is 5.57 Å². The highest BCUT2D eigenvalue weighted by atomic mass is 16.3. The molecule has 0 heterocycles. The van der Waals surface area contributed by atoms with Gasteiger partial charge in [-0.1, -0.05) is 42.5 Å². The van der Waals surface area contributed by atoms with Crippen molar-refractivity contribution in [3.63, 3.8) is 0 Å². The standard InChI is InChI=1S/C16H18O/c1-2-16(17)9-8-13-10-14(11-15(13)16)12-6-4-3-5-7-12/h2-7,11,13,15,17H,1,8-10H2/t13-,15+,16+/m0/s1. The van der Waals surface area contributed by atoms with Crippen LogP contribution in [0.2, 0.25) is 0 Å². The van der Waals surface area contributed by atoms with Gasteiger partial charge in [-0.15, -0.1) is 6.58 Å². The molecule has 0 unspecified atom stereocenters. The number of fused-ring (bicyclic) bond motifs is 1. The molecule has 3 atom stereocenters. The summed E-state index contributed by atoms with van der Waals surface area (Å²) in [6.45, 7) is 3.79. The Hall–Kier alpha value is -1.34. The van der Waals surface area contributed by atoms with Gasteiger partial charge in [-0.05, 0) is 36.3 Å². The maximum atomic E-state index is 10.5. The predicted molar refractivity (Wildman–Crippen MR) is 70.4 cm³/mol. The average Bonchev–Trinajstić information content (AvgIpc) is 2.92.